The molecule has 0 aromatic rings. The molecule has 13 heavy (non-hydrogen) atoms. The second kappa shape index (κ2) is 3.66. The van der Waals surface area contributed by atoms with E-state index in [9.17, 15) is 9.90 Å². The lowest BCUT2D eigenvalue weighted by Gasteiger charge is -2.27. The van der Waals surface area contributed by atoms with Crippen LogP contribution in [0.5, 0.6) is 0 Å². The Labute approximate surface area is 79.1 Å². The van der Waals surface area contributed by atoms with E-state index in [1.165, 1.54) is 0 Å². The molecule has 1 aliphatic carbocycles. The van der Waals surface area contributed by atoms with Gasteiger partial charge in [0.25, 0.3) is 0 Å². The van der Waals surface area contributed by atoms with E-state index in [4.69, 9.17) is 4.74 Å². The summed E-state index contributed by atoms with van der Waals surface area (Å²) in [4.78, 5) is 11.5. The zero-order valence-corrected chi connectivity index (χ0v) is 8.54. The van der Waals surface area contributed by atoms with E-state index >= 15 is 0 Å². The minimum Gasteiger partial charge on any atom is -0.466 e. The van der Waals surface area contributed by atoms with E-state index in [1.54, 1.807) is 20.8 Å². The average Bonchev–Trinajstić information content (AvgIpc) is 2.86. The number of carbonyl (C=O) groups is 1. The maximum atomic E-state index is 11.5. The normalized spacial score (nSPS) is 19.7. The molecule has 1 N–H and O–H groups in total. The fourth-order valence-corrected chi connectivity index (χ4v) is 1.44. The van der Waals surface area contributed by atoms with Crippen LogP contribution in [-0.4, -0.2) is 23.8 Å². The molecule has 0 spiro atoms. The number of ether oxygens (including phenoxy) is 1. The van der Waals surface area contributed by atoms with Gasteiger partial charge in [-0.15, -0.1) is 0 Å². The first-order chi connectivity index (χ1) is 6.00. The Kier molecular flexibility index (Phi) is 2.96. The maximum absolute atomic E-state index is 11.5. The van der Waals surface area contributed by atoms with Gasteiger partial charge in [0.2, 0.25) is 0 Å². The molecule has 76 valence electrons. The second-order valence-corrected chi connectivity index (χ2v) is 4.22. The van der Waals surface area contributed by atoms with Crippen molar-refractivity contribution in [1.82, 2.24) is 0 Å². The highest BCUT2D eigenvalue weighted by molar-refractivity contribution is 5.76. The number of rotatable bonds is 4. The van der Waals surface area contributed by atoms with Crippen molar-refractivity contribution >= 4 is 5.97 Å². The molecule has 3 heteroatoms. The first-order valence-electron chi connectivity index (χ1n) is 4.85. The molecule has 1 aliphatic rings. The Balaban J connectivity index is 2.56. The smallest absolute Gasteiger partial charge is 0.314 e. The van der Waals surface area contributed by atoms with Gasteiger partial charge in [0.05, 0.1) is 18.1 Å². The van der Waals surface area contributed by atoms with Crippen LogP contribution >= 0.6 is 0 Å². The molecular weight excluding hydrogens is 168 g/mol. The van der Waals surface area contributed by atoms with E-state index in [2.05, 4.69) is 0 Å². The van der Waals surface area contributed by atoms with Gasteiger partial charge >= 0.3 is 5.97 Å². The van der Waals surface area contributed by atoms with Crippen molar-refractivity contribution < 1.29 is 14.6 Å². The summed E-state index contributed by atoms with van der Waals surface area (Å²) in [5.74, 6) is 0.00815. The molecular formula is C10H18O3. The number of carbonyl (C=O) groups excluding carboxylic acids is 1. The Morgan fingerprint density at radius 1 is 1.62 bits per heavy atom. The van der Waals surface area contributed by atoms with E-state index in [0.29, 0.717) is 12.5 Å². The molecule has 1 unspecified atom stereocenters. The Bertz CT molecular complexity index is 194. The van der Waals surface area contributed by atoms with Crippen LogP contribution in [-0.2, 0) is 9.53 Å². The van der Waals surface area contributed by atoms with Crippen LogP contribution in [0.2, 0.25) is 0 Å². The van der Waals surface area contributed by atoms with Crippen LogP contribution in [0.3, 0.4) is 0 Å². The molecule has 0 aromatic heterocycles. The van der Waals surface area contributed by atoms with E-state index in [-0.39, 0.29) is 5.97 Å². The van der Waals surface area contributed by atoms with Crippen LogP contribution < -0.4 is 0 Å². The first-order valence-corrected chi connectivity index (χ1v) is 4.85. The van der Waals surface area contributed by atoms with Crippen LogP contribution in [0.15, 0.2) is 0 Å². The molecule has 0 radical (unpaired) electrons. The van der Waals surface area contributed by atoms with Gasteiger partial charge in [-0.2, -0.15) is 0 Å². The molecule has 1 fully saturated rings. The molecule has 0 aliphatic heterocycles. The molecule has 0 aromatic carbocycles. The Hall–Kier alpha value is -0.570. The highest BCUT2D eigenvalue weighted by Crippen LogP contribution is 2.40. The summed E-state index contributed by atoms with van der Waals surface area (Å²) < 4.78 is 4.91. The SMILES string of the molecule is CCOC(=O)C(C)(C)C(O)C1CC1. The van der Waals surface area contributed by atoms with Gasteiger partial charge in [-0.3, -0.25) is 4.79 Å². The van der Waals surface area contributed by atoms with E-state index in [0.717, 1.165) is 12.8 Å². The average molecular weight is 186 g/mol. The van der Waals surface area contributed by atoms with Crippen molar-refractivity contribution in [2.45, 2.75) is 39.7 Å². The highest BCUT2D eigenvalue weighted by Gasteiger charge is 2.45. The lowest BCUT2D eigenvalue weighted by molar-refractivity contribution is -0.160. The largest absolute Gasteiger partial charge is 0.466 e. The molecule has 0 saturated heterocycles. The van der Waals surface area contributed by atoms with Crippen molar-refractivity contribution in [2.75, 3.05) is 6.61 Å². The number of esters is 1. The fraction of sp³-hybridized carbons (Fsp3) is 0.900. The van der Waals surface area contributed by atoms with Gasteiger partial charge in [0, 0.05) is 0 Å². The predicted molar refractivity (Wildman–Crippen MR) is 49.1 cm³/mol. The van der Waals surface area contributed by atoms with Crippen LogP contribution in [0, 0.1) is 11.3 Å². The van der Waals surface area contributed by atoms with Gasteiger partial charge in [0.1, 0.15) is 0 Å². The second-order valence-electron chi connectivity index (χ2n) is 4.22. The predicted octanol–water partition coefficient (Wildman–Crippen LogP) is 1.35. The zero-order chi connectivity index (χ0) is 10.1. The third-order valence-electron chi connectivity index (χ3n) is 2.61. The number of hydrogen-bond donors (Lipinski definition) is 1. The van der Waals surface area contributed by atoms with E-state index < -0.39 is 11.5 Å². The molecule has 3 nitrogen and oxygen atoms in total. The standard InChI is InChI=1S/C10H18O3/c1-4-13-9(12)10(2,3)8(11)7-5-6-7/h7-8,11H,4-6H2,1-3H3. The fourth-order valence-electron chi connectivity index (χ4n) is 1.44. The summed E-state index contributed by atoms with van der Waals surface area (Å²) in [6.45, 7) is 5.64. The molecule has 1 rings (SSSR count). The number of aliphatic hydroxyl groups is 1. The maximum Gasteiger partial charge on any atom is 0.314 e. The molecule has 0 amide bonds. The molecule has 1 saturated carbocycles. The Morgan fingerprint density at radius 2 is 2.15 bits per heavy atom. The van der Waals surface area contributed by atoms with Crippen molar-refractivity contribution in [1.29, 1.82) is 0 Å². The van der Waals surface area contributed by atoms with Crippen LogP contribution in [0.25, 0.3) is 0 Å². The minimum atomic E-state index is -0.753. The molecule has 1 atom stereocenters. The summed E-state index contributed by atoms with van der Waals surface area (Å²) >= 11 is 0. The number of hydrogen-bond acceptors (Lipinski definition) is 3. The topological polar surface area (TPSA) is 46.5 Å². The van der Waals surface area contributed by atoms with E-state index in [1.807, 2.05) is 0 Å². The lowest BCUT2D eigenvalue weighted by Crippen LogP contribution is -2.39. The van der Waals surface area contributed by atoms with Crippen molar-refractivity contribution in [3.05, 3.63) is 0 Å². The van der Waals surface area contributed by atoms with Gasteiger partial charge in [0.15, 0.2) is 0 Å². The highest BCUT2D eigenvalue weighted by atomic mass is 16.5. The summed E-state index contributed by atoms with van der Waals surface area (Å²) in [7, 11) is 0. The minimum absolute atomic E-state index is 0.297. The lowest BCUT2D eigenvalue weighted by atomic mass is 9.84. The molecule has 0 bridgehead atoms. The Morgan fingerprint density at radius 3 is 2.54 bits per heavy atom. The third kappa shape index (κ3) is 2.21. The summed E-state index contributed by atoms with van der Waals surface area (Å²) in [5, 5.41) is 9.81. The van der Waals surface area contributed by atoms with Crippen molar-refractivity contribution in [2.24, 2.45) is 11.3 Å². The van der Waals surface area contributed by atoms with Gasteiger partial charge < -0.3 is 9.84 Å². The summed E-state index contributed by atoms with van der Waals surface area (Å²) in [5.41, 5.74) is -0.753. The zero-order valence-electron chi connectivity index (χ0n) is 8.54. The first kappa shape index (κ1) is 10.5. The molecule has 0 heterocycles. The summed E-state index contributed by atoms with van der Waals surface area (Å²) in [6, 6.07) is 0. The summed E-state index contributed by atoms with van der Waals surface area (Å²) in [6.07, 6.45) is 1.51. The third-order valence-corrected chi connectivity index (χ3v) is 2.61. The van der Waals surface area contributed by atoms with Gasteiger partial charge in [-0.05, 0) is 39.5 Å². The quantitative estimate of drug-likeness (QED) is 0.674. The number of aliphatic hydroxyl groups excluding tert-OH is 1. The monoisotopic (exact) mass is 186 g/mol. The van der Waals surface area contributed by atoms with Crippen LogP contribution in [0.1, 0.15) is 33.6 Å². The van der Waals surface area contributed by atoms with Crippen molar-refractivity contribution in [3.8, 4) is 0 Å². The van der Waals surface area contributed by atoms with Gasteiger partial charge in [-0.25, -0.2) is 0 Å². The van der Waals surface area contributed by atoms with Crippen molar-refractivity contribution in [3.63, 3.8) is 0 Å². The van der Waals surface area contributed by atoms with Gasteiger partial charge in [-0.1, -0.05) is 0 Å². The van der Waals surface area contributed by atoms with Crippen LogP contribution in [0.4, 0.5) is 0 Å².